The van der Waals surface area contributed by atoms with Crippen LogP contribution in [-0.4, -0.2) is 50.6 Å². The number of aliphatic carboxylic acids is 1. The van der Waals surface area contributed by atoms with E-state index in [9.17, 15) is 9.59 Å². The Balaban J connectivity index is 2.03. The molecule has 2 N–H and O–H groups in total. The van der Waals surface area contributed by atoms with Gasteiger partial charge in [0.2, 0.25) is 0 Å². The Morgan fingerprint density at radius 2 is 2.23 bits per heavy atom. The number of aromatic nitrogens is 3. The molecule has 2 aromatic rings. The van der Waals surface area contributed by atoms with Crippen LogP contribution in [0, 0.1) is 5.92 Å². The zero-order valence-electron chi connectivity index (χ0n) is 12.3. The second-order valence-corrected chi connectivity index (χ2v) is 4.95. The predicted octanol–water partition coefficient (Wildman–Crippen LogP) is 1.45. The smallest absolute Gasteiger partial charge is 0.321 e. The first-order valence-corrected chi connectivity index (χ1v) is 6.69. The zero-order valence-corrected chi connectivity index (χ0v) is 12.3. The van der Waals surface area contributed by atoms with Crippen molar-refractivity contribution in [2.75, 3.05) is 18.9 Å². The molecule has 1 aromatic carbocycles. The van der Waals surface area contributed by atoms with Gasteiger partial charge in [0.25, 0.3) is 0 Å². The SMILES string of the molecule is CC(CN(C)C(=O)Nc1cccc(-n2ccnn2)c1)C(=O)O. The molecule has 0 saturated heterocycles. The van der Waals surface area contributed by atoms with Gasteiger partial charge in [0.15, 0.2) is 0 Å². The number of amides is 2. The first-order chi connectivity index (χ1) is 10.5. The Bertz CT molecular complexity index is 656. The van der Waals surface area contributed by atoms with E-state index in [0.717, 1.165) is 5.69 Å². The van der Waals surface area contributed by atoms with Crippen molar-refractivity contribution in [1.29, 1.82) is 0 Å². The Kier molecular flexibility index (Phi) is 4.72. The number of nitrogens with zero attached hydrogens (tertiary/aromatic N) is 4. The number of carboxylic acid groups (broad SMARTS) is 1. The van der Waals surface area contributed by atoms with Gasteiger partial charge in [0.1, 0.15) is 0 Å². The first-order valence-electron chi connectivity index (χ1n) is 6.69. The molecule has 22 heavy (non-hydrogen) atoms. The highest BCUT2D eigenvalue weighted by atomic mass is 16.4. The van der Waals surface area contributed by atoms with E-state index >= 15 is 0 Å². The molecule has 1 aromatic heterocycles. The normalized spacial score (nSPS) is 11.7. The van der Waals surface area contributed by atoms with Crippen molar-refractivity contribution >= 4 is 17.7 Å². The molecule has 1 atom stereocenters. The van der Waals surface area contributed by atoms with E-state index in [0.29, 0.717) is 5.69 Å². The van der Waals surface area contributed by atoms with Gasteiger partial charge in [0, 0.05) is 19.3 Å². The maximum atomic E-state index is 12.1. The largest absolute Gasteiger partial charge is 0.481 e. The van der Waals surface area contributed by atoms with E-state index in [4.69, 9.17) is 5.11 Å². The summed E-state index contributed by atoms with van der Waals surface area (Å²) < 4.78 is 1.58. The lowest BCUT2D eigenvalue weighted by Crippen LogP contribution is -2.36. The summed E-state index contributed by atoms with van der Waals surface area (Å²) in [5.41, 5.74) is 1.35. The molecule has 8 nitrogen and oxygen atoms in total. The molecule has 1 heterocycles. The number of urea groups is 1. The van der Waals surface area contributed by atoms with Crippen LogP contribution < -0.4 is 5.32 Å². The summed E-state index contributed by atoms with van der Waals surface area (Å²) in [5.74, 6) is -1.56. The standard InChI is InChI=1S/C14H17N5O3/c1-10(13(20)21)9-18(2)14(22)16-11-4-3-5-12(8-11)19-7-6-15-17-19/h3-8,10H,9H2,1-2H3,(H,16,22)(H,20,21). The quantitative estimate of drug-likeness (QED) is 0.870. The molecule has 116 valence electrons. The Morgan fingerprint density at radius 3 is 2.86 bits per heavy atom. The van der Waals surface area contributed by atoms with E-state index in [1.54, 1.807) is 49.2 Å². The fraction of sp³-hybridized carbons (Fsp3) is 0.286. The van der Waals surface area contributed by atoms with Crippen LogP contribution >= 0.6 is 0 Å². The maximum absolute atomic E-state index is 12.1. The van der Waals surface area contributed by atoms with Gasteiger partial charge in [-0.1, -0.05) is 18.2 Å². The minimum absolute atomic E-state index is 0.129. The fourth-order valence-corrected chi connectivity index (χ4v) is 1.86. The Labute approximate surface area is 127 Å². The number of carboxylic acids is 1. The van der Waals surface area contributed by atoms with Crippen molar-refractivity contribution in [2.24, 2.45) is 5.92 Å². The number of anilines is 1. The highest BCUT2D eigenvalue weighted by Crippen LogP contribution is 2.14. The van der Waals surface area contributed by atoms with Crippen molar-refractivity contribution in [3.63, 3.8) is 0 Å². The summed E-state index contributed by atoms with van der Waals surface area (Å²) in [6, 6.07) is 6.74. The summed E-state index contributed by atoms with van der Waals surface area (Å²) in [6.45, 7) is 1.68. The van der Waals surface area contributed by atoms with Gasteiger partial charge in [-0.2, -0.15) is 0 Å². The van der Waals surface area contributed by atoms with E-state index in [-0.39, 0.29) is 12.6 Å². The number of carbonyl (C=O) groups is 2. The molecule has 0 aliphatic rings. The number of benzene rings is 1. The van der Waals surface area contributed by atoms with Gasteiger partial charge in [-0.05, 0) is 18.2 Å². The highest BCUT2D eigenvalue weighted by molar-refractivity contribution is 5.89. The number of hydrogen-bond donors (Lipinski definition) is 2. The lowest BCUT2D eigenvalue weighted by molar-refractivity contribution is -0.141. The topological polar surface area (TPSA) is 100 Å². The molecule has 0 radical (unpaired) electrons. The van der Waals surface area contributed by atoms with Gasteiger partial charge in [-0.15, -0.1) is 5.10 Å². The van der Waals surface area contributed by atoms with Gasteiger partial charge in [-0.25, -0.2) is 9.48 Å². The predicted molar refractivity (Wildman–Crippen MR) is 79.8 cm³/mol. The maximum Gasteiger partial charge on any atom is 0.321 e. The van der Waals surface area contributed by atoms with Crippen molar-refractivity contribution < 1.29 is 14.7 Å². The number of carbonyl (C=O) groups excluding carboxylic acids is 1. The van der Waals surface area contributed by atoms with Gasteiger partial charge in [-0.3, -0.25) is 4.79 Å². The third kappa shape index (κ3) is 3.81. The second-order valence-electron chi connectivity index (χ2n) is 4.95. The summed E-state index contributed by atoms with van der Waals surface area (Å²) in [5, 5.41) is 19.2. The van der Waals surface area contributed by atoms with Gasteiger partial charge in [0.05, 0.1) is 24.0 Å². The van der Waals surface area contributed by atoms with E-state index in [1.165, 1.54) is 4.90 Å². The van der Waals surface area contributed by atoms with Crippen molar-refractivity contribution in [2.45, 2.75) is 6.92 Å². The summed E-state index contributed by atoms with van der Waals surface area (Å²) >= 11 is 0. The lowest BCUT2D eigenvalue weighted by Gasteiger charge is -2.20. The monoisotopic (exact) mass is 303 g/mol. The highest BCUT2D eigenvalue weighted by Gasteiger charge is 2.17. The molecule has 0 fully saturated rings. The molecule has 0 aliphatic heterocycles. The van der Waals surface area contributed by atoms with Gasteiger partial charge < -0.3 is 15.3 Å². The Hall–Kier alpha value is -2.90. The van der Waals surface area contributed by atoms with Crippen molar-refractivity contribution in [1.82, 2.24) is 19.9 Å². The number of rotatable bonds is 5. The molecule has 0 aliphatic carbocycles. The van der Waals surface area contributed by atoms with E-state index in [2.05, 4.69) is 15.6 Å². The summed E-state index contributed by atoms with van der Waals surface area (Å²) in [7, 11) is 1.55. The summed E-state index contributed by atoms with van der Waals surface area (Å²) in [4.78, 5) is 24.2. The molecular formula is C14H17N5O3. The average Bonchev–Trinajstić information content (AvgIpc) is 3.01. The fourth-order valence-electron chi connectivity index (χ4n) is 1.86. The first kappa shape index (κ1) is 15.5. The molecular weight excluding hydrogens is 286 g/mol. The Morgan fingerprint density at radius 1 is 1.45 bits per heavy atom. The summed E-state index contributed by atoms with van der Waals surface area (Å²) in [6.07, 6.45) is 3.26. The van der Waals surface area contributed by atoms with Crippen LogP contribution in [0.25, 0.3) is 5.69 Å². The van der Waals surface area contributed by atoms with Crippen LogP contribution in [0.4, 0.5) is 10.5 Å². The third-order valence-electron chi connectivity index (χ3n) is 3.10. The molecule has 2 rings (SSSR count). The van der Waals surface area contributed by atoms with E-state index in [1.807, 2.05) is 6.07 Å². The van der Waals surface area contributed by atoms with Crippen LogP contribution in [0.15, 0.2) is 36.7 Å². The number of nitrogens with one attached hydrogen (secondary N) is 1. The lowest BCUT2D eigenvalue weighted by atomic mass is 10.2. The van der Waals surface area contributed by atoms with Crippen LogP contribution in [0.5, 0.6) is 0 Å². The van der Waals surface area contributed by atoms with Gasteiger partial charge >= 0.3 is 12.0 Å². The molecule has 0 spiro atoms. The number of hydrogen-bond acceptors (Lipinski definition) is 4. The zero-order chi connectivity index (χ0) is 16.1. The second kappa shape index (κ2) is 6.70. The van der Waals surface area contributed by atoms with E-state index < -0.39 is 11.9 Å². The van der Waals surface area contributed by atoms with Crippen molar-refractivity contribution in [3.8, 4) is 5.69 Å². The molecule has 1 unspecified atom stereocenters. The van der Waals surface area contributed by atoms with Crippen LogP contribution in [0.2, 0.25) is 0 Å². The van der Waals surface area contributed by atoms with Crippen molar-refractivity contribution in [3.05, 3.63) is 36.7 Å². The molecule has 0 bridgehead atoms. The molecule has 2 amide bonds. The molecule has 0 saturated carbocycles. The average molecular weight is 303 g/mol. The van der Waals surface area contributed by atoms with Crippen LogP contribution in [-0.2, 0) is 4.79 Å². The van der Waals surface area contributed by atoms with Crippen LogP contribution in [0.3, 0.4) is 0 Å². The van der Waals surface area contributed by atoms with Crippen LogP contribution in [0.1, 0.15) is 6.92 Å². The minimum Gasteiger partial charge on any atom is -0.481 e. The molecule has 8 heteroatoms. The third-order valence-corrected chi connectivity index (χ3v) is 3.10. The minimum atomic E-state index is -0.937.